The Bertz CT molecular complexity index is 1310. The van der Waals surface area contributed by atoms with Crippen LogP contribution in [0.2, 0.25) is 0 Å². The highest BCUT2D eigenvalue weighted by molar-refractivity contribution is 5.89. The molecule has 0 amide bonds. The van der Waals surface area contributed by atoms with Gasteiger partial charge in [-0.05, 0) is 56.6 Å². The van der Waals surface area contributed by atoms with Gasteiger partial charge in [-0.3, -0.25) is 4.79 Å². The average molecular weight is 423 g/mol. The number of fused-ring (bicyclic) bond motifs is 5. The normalized spacial score (nSPS) is 16.8. The SMILES string of the molecule is CNCCCc1c2c(nc3cc(F)c(C)cc13)-c1cc3c(c(=O)n1C2)COC(=O)C3O. The first-order valence-electron chi connectivity index (χ1n) is 10.3. The number of hydrogen-bond acceptors (Lipinski definition) is 6. The third-order valence-electron chi connectivity index (χ3n) is 6.21. The number of hydrogen-bond donors (Lipinski definition) is 2. The number of nitrogens with zero attached hydrogens (tertiary/aromatic N) is 2. The summed E-state index contributed by atoms with van der Waals surface area (Å²) >= 11 is 0. The molecule has 2 N–H and O–H groups in total. The highest BCUT2D eigenvalue weighted by atomic mass is 19.1. The fourth-order valence-electron chi connectivity index (χ4n) is 4.57. The van der Waals surface area contributed by atoms with Crippen LogP contribution in [0.15, 0.2) is 23.0 Å². The minimum Gasteiger partial charge on any atom is -0.458 e. The van der Waals surface area contributed by atoms with Gasteiger partial charge in [-0.1, -0.05) is 0 Å². The number of cyclic esters (lactones) is 1. The van der Waals surface area contributed by atoms with Gasteiger partial charge in [0, 0.05) is 22.6 Å². The molecule has 0 bridgehead atoms. The van der Waals surface area contributed by atoms with Crippen molar-refractivity contribution >= 4 is 16.9 Å². The first-order chi connectivity index (χ1) is 14.9. The molecule has 7 nitrogen and oxygen atoms in total. The van der Waals surface area contributed by atoms with Crippen LogP contribution in [0.1, 0.15) is 40.3 Å². The molecule has 2 aromatic heterocycles. The summed E-state index contributed by atoms with van der Waals surface area (Å²) in [5, 5.41) is 14.3. The smallest absolute Gasteiger partial charge is 0.340 e. The van der Waals surface area contributed by atoms with Gasteiger partial charge in [0.25, 0.3) is 5.56 Å². The number of aryl methyl sites for hydroxylation is 2. The lowest BCUT2D eigenvalue weighted by molar-refractivity contribution is -0.157. The van der Waals surface area contributed by atoms with Crippen LogP contribution < -0.4 is 10.9 Å². The van der Waals surface area contributed by atoms with E-state index in [0.717, 1.165) is 35.9 Å². The van der Waals surface area contributed by atoms with E-state index in [1.807, 2.05) is 13.1 Å². The Morgan fingerprint density at radius 1 is 1.29 bits per heavy atom. The number of pyridine rings is 2. The number of aromatic nitrogens is 2. The van der Waals surface area contributed by atoms with Crippen molar-refractivity contribution in [1.82, 2.24) is 14.9 Å². The summed E-state index contributed by atoms with van der Waals surface area (Å²) in [7, 11) is 1.89. The lowest BCUT2D eigenvalue weighted by Gasteiger charge is -2.21. The monoisotopic (exact) mass is 423 g/mol. The zero-order valence-corrected chi connectivity index (χ0v) is 17.3. The van der Waals surface area contributed by atoms with Gasteiger partial charge >= 0.3 is 5.97 Å². The van der Waals surface area contributed by atoms with Gasteiger partial charge in [0.1, 0.15) is 12.4 Å². The Morgan fingerprint density at radius 2 is 2.10 bits per heavy atom. The molecule has 0 fully saturated rings. The van der Waals surface area contributed by atoms with Crippen LogP contribution in [0.3, 0.4) is 0 Å². The standard InChI is InChI=1S/C23H22FN3O4/c1-11-6-13-12(4-3-5-25-2)15-9-27-19(20(15)26-18(13)8-17(11)24)7-14-16(22(27)29)10-31-23(30)21(14)28/h6-8,21,25,28H,3-5,9-10H2,1-2H3. The molecular formula is C23H22FN3O4. The number of carbonyl (C=O) groups excluding carboxylic acids is 1. The number of nitrogens with one attached hydrogen (secondary N) is 1. The molecule has 2 aliphatic rings. The Labute approximate surface area is 177 Å². The Morgan fingerprint density at radius 3 is 2.87 bits per heavy atom. The second-order valence-corrected chi connectivity index (χ2v) is 8.11. The van der Waals surface area contributed by atoms with Crippen LogP contribution in [0.5, 0.6) is 0 Å². The van der Waals surface area contributed by atoms with E-state index < -0.39 is 12.1 Å². The third kappa shape index (κ3) is 2.97. The highest BCUT2D eigenvalue weighted by Gasteiger charge is 2.34. The van der Waals surface area contributed by atoms with Crippen molar-refractivity contribution in [3.8, 4) is 11.4 Å². The van der Waals surface area contributed by atoms with Crippen LogP contribution in [0.25, 0.3) is 22.3 Å². The van der Waals surface area contributed by atoms with Crippen molar-refractivity contribution < 1.29 is 19.0 Å². The predicted molar refractivity (Wildman–Crippen MR) is 112 cm³/mol. The van der Waals surface area contributed by atoms with E-state index in [4.69, 9.17) is 9.72 Å². The molecule has 0 spiro atoms. The number of aliphatic hydroxyl groups excluding tert-OH is 1. The van der Waals surface area contributed by atoms with Gasteiger partial charge in [-0.25, -0.2) is 14.2 Å². The first kappa shape index (κ1) is 19.8. The van der Waals surface area contributed by atoms with Crippen molar-refractivity contribution in [1.29, 1.82) is 0 Å². The average Bonchev–Trinajstić information content (AvgIpc) is 3.11. The number of ether oxygens (including phenoxy) is 1. The van der Waals surface area contributed by atoms with Crippen LogP contribution >= 0.6 is 0 Å². The number of aliphatic hydroxyl groups is 1. The summed E-state index contributed by atoms with van der Waals surface area (Å²) in [6.07, 6.45) is 0.128. The van der Waals surface area contributed by atoms with Gasteiger partial charge in [0.05, 0.1) is 29.0 Å². The van der Waals surface area contributed by atoms with Crippen molar-refractivity contribution in [2.45, 2.75) is 39.0 Å². The second-order valence-electron chi connectivity index (χ2n) is 8.11. The largest absolute Gasteiger partial charge is 0.458 e. The summed E-state index contributed by atoms with van der Waals surface area (Å²) in [6, 6.07) is 4.89. The number of rotatable bonds is 4. The van der Waals surface area contributed by atoms with Crippen LogP contribution in [0.4, 0.5) is 4.39 Å². The molecule has 1 atom stereocenters. The molecule has 1 unspecified atom stereocenters. The molecule has 4 heterocycles. The number of benzene rings is 1. The number of esters is 1. The van der Waals surface area contributed by atoms with E-state index in [1.54, 1.807) is 17.6 Å². The zero-order chi connectivity index (χ0) is 21.9. The van der Waals surface area contributed by atoms with Crippen LogP contribution in [-0.4, -0.2) is 34.2 Å². The van der Waals surface area contributed by atoms with Gasteiger partial charge in [0.15, 0.2) is 6.10 Å². The Hall–Kier alpha value is -3.10. The van der Waals surface area contributed by atoms with Crippen molar-refractivity contribution in [3.63, 3.8) is 0 Å². The van der Waals surface area contributed by atoms with Gasteiger partial charge in [-0.15, -0.1) is 0 Å². The molecule has 0 saturated carbocycles. The number of halogens is 1. The molecule has 2 aliphatic heterocycles. The van der Waals surface area contributed by atoms with Gasteiger partial charge in [0.2, 0.25) is 0 Å². The fourth-order valence-corrected chi connectivity index (χ4v) is 4.57. The van der Waals surface area contributed by atoms with Crippen molar-refractivity contribution in [2.75, 3.05) is 13.6 Å². The zero-order valence-electron chi connectivity index (χ0n) is 17.3. The fraction of sp³-hybridized carbons (Fsp3) is 0.348. The summed E-state index contributed by atoms with van der Waals surface area (Å²) in [5.74, 6) is -1.10. The molecule has 160 valence electrons. The summed E-state index contributed by atoms with van der Waals surface area (Å²) in [5.41, 5.74) is 4.42. The second kappa shape index (κ2) is 7.25. The van der Waals surface area contributed by atoms with E-state index in [1.165, 1.54) is 6.07 Å². The van der Waals surface area contributed by atoms with E-state index in [-0.39, 0.29) is 29.1 Å². The third-order valence-corrected chi connectivity index (χ3v) is 6.21. The van der Waals surface area contributed by atoms with Crippen molar-refractivity contribution in [2.24, 2.45) is 0 Å². The minimum atomic E-state index is -1.50. The lowest BCUT2D eigenvalue weighted by atomic mass is 9.95. The quantitative estimate of drug-likeness (QED) is 0.386. The lowest BCUT2D eigenvalue weighted by Crippen LogP contribution is -2.32. The molecular weight excluding hydrogens is 401 g/mol. The van der Waals surface area contributed by atoms with Crippen LogP contribution in [0, 0.1) is 12.7 Å². The molecule has 1 aromatic carbocycles. The summed E-state index contributed by atoms with van der Waals surface area (Å²) < 4.78 is 20.9. The molecule has 0 radical (unpaired) electrons. The molecule has 0 aliphatic carbocycles. The predicted octanol–water partition coefficient (Wildman–Crippen LogP) is 2.11. The maximum atomic E-state index is 14.3. The molecule has 3 aromatic rings. The molecule has 5 rings (SSSR count). The van der Waals surface area contributed by atoms with E-state index >= 15 is 0 Å². The maximum absolute atomic E-state index is 14.3. The Kier molecular flexibility index (Phi) is 4.64. The molecule has 31 heavy (non-hydrogen) atoms. The first-order valence-corrected chi connectivity index (χ1v) is 10.3. The molecule has 0 saturated heterocycles. The topological polar surface area (TPSA) is 93.5 Å². The maximum Gasteiger partial charge on any atom is 0.340 e. The van der Waals surface area contributed by atoms with E-state index in [2.05, 4.69) is 5.32 Å². The van der Waals surface area contributed by atoms with E-state index in [0.29, 0.717) is 29.0 Å². The van der Waals surface area contributed by atoms with E-state index in [9.17, 15) is 19.1 Å². The molecule has 8 heteroatoms. The van der Waals surface area contributed by atoms with Crippen molar-refractivity contribution in [3.05, 3.63) is 62.2 Å². The summed E-state index contributed by atoms with van der Waals surface area (Å²) in [4.78, 5) is 29.7. The summed E-state index contributed by atoms with van der Waals surface area (Å²) in [6.45, 7) is 2.74. The van der Waals surface area contributed by atoms with Gasteiger partial charge < -0.3 is 19.7 Å². The minimum absolute atomic E-state index is 0.157. The van der Waals surface area contributed by atoms with Crippen LogP contribution in [-0.2, 0) is 29.1 Å². The Balaban J connectivity index is 1.76. The number of carbonyl (C=O) groups is 1. The highest BCUT2D eigenvalue weighted by Crippen LogP contribution is 2.38. The van der Waals surface area contributed by atoms with Gasteiger partial charge in [-0.2, -0.15) is 0 Å².